The molecule has 3 aromatic rings. The summed E-state index contributed by atoms with van der Waals surface area (Å²) >= 11 is 0. The molecule has 1 aromatic carbocycles. The zero-order valence-corrected chi connectivity index (χ0v) is 27.7. The van der Waals surface area contributed by atoms with Gasteiger partial charge in [0.1, 0.15) is 30.0 Å². The number of rotatable bonds is 13. The quantitative estimate of drug-likeness (QED) is 0.154. The first kappa shape index (κ1) is 32.7. The van der Waals surface area contributed by atoms with E-state index in [9.17, 15) is 9.59 Å². The molecule has 2 aliphatic carbocycles. The molecule has 45 heavy (non-hydrogen) atoms. The topological polar surface area (TPSA) is 137 Å². The molecule has 2 fully saturated rings. The van der Waals surface area contributed by atoms with Gasteiger partial charge in [0.15, 0.2) is 11.6 Å². The van der Waals surface area contributed by atoms with Crippen LogP contribution in [0.15, 0.2) is 18.5 Å². The number of fused-ring (bicyclic) bond motifs is 1. The molecule has 5 rings (SSSR count). The average molecular weight is 642 g/mol. The first-order chi connectivity index (χ1) is 21.4. The molecule has 13 heteroatoms. The van der Waals surface area contributed by atoms with Crippen molar-refractivity contribution < 1.29 is 33.3 Å². The summed E-state index contributed by atoms with van der Waals surface area (Å²) in [6.45, 7) is 9.96. The Labute approximate surface area is 263 Å². The number of carbonyl (C=O) groups is 2. The van der Waals surface area contributed by atoms with Gasteiger partial charge in [-0.3, -0.25) is 4.79 Å². The molecule has 2 saturated carbocycles. The van der Waals surface area contributed by atoms with Crippen molar-refractivity contribution in [2.24, 2.45) is 5.92 Å². The summed E-state index contributed by atoms with van der Waals surface area (Å²) in [6.07, 6.45) is 5.13. The Morgan fingerprint density at radius 1 is 1.04 bits per heavy atom. The zero-order chi connectivity index (χ0) is 32.3. The third-order valence-electron chi connectivity index (χ3n) is 8.61. The van der Waals surface area contributed by atoms with Crippen molar-refractivity contribution in [1.82, 2.24) is 25.2 Å². The third kappa shape index (κ3) is 7.93. The van der Waals surface area contributed by atoms with Crippen LogP contribution in [0.5, 0.6) is 11.5 Å². The molecule has 3 N–H and O–H groups in total. The Balaban J connectivity index is 1.53. The minimum atomic E-state index is -1.34. The molecular weight excluding hydrogens is 597 g/mol. The van der Waals surface area contributed by atoms with Gasteiger partial charge in [0, 0.05) is 44.1 Å². The highest BCUT2D eigenvalue weighted by molar-refractivity contribution is 6.76. The maximum Gasteiger partial charge on any atom is 0.404 e. The second-order valence-electron chi connectivity index (χ2n) is 13.4. The Morgan fingerprint density at radius 2 is 1.73 bits per heavy atom. The van der Waals surface area contributed by atoms with Crippen LogP contribution in [0.2, 0.25) is 25.7 Å². The van der Waals surface area contributed by atoms with Crippen LogP contribution in [-0.4, -0.2) is 72.1 Å². The summed E-state index contributed by atoms with van der Waals surface area (Å²) < 4.78 is 34.7. The number of nitrogens with one attached hydrogen (secondary N) is 2. The van der Waals surface area contributed by atoms with E-state index in [4.69, 9.17) is 19.3 Å². The van der Waals surface area contributed by atoms with Gasteiger partial charge in [0.25, 0.3) is 5.91 Å². The van der Waals surface area contributed by atoms with Crippen LogP contribution in [0.25, 0.3) is 22.3 Å². The number of benzene rings is 1. The molecule has 0 spiro atoms. The maximum atomic E-state index is 15.2. The van der Waals surface area contributed by atoms with Gasteiger partial charge in [0.05, 0.1) is 24.8 Å². The maximum absolute atomic E-state index is 15.2. The van der Waals surface area contributed by atoms with Crippen molar-refractivity contribution in [3.63, 3.8) is 0 Å². The summed E-state index contributed by atoms with van der Waals surface area (Å²) in [6, 6.07) is 3.67. The first-order valence-corrected chi connectivity index (χ1v) is 19.4. The van der Waals surface area contributed by atoms with Gasteiger partial charge < -0.3 is 34.5 Å². The smallest absolute Gasteiger partial charge is 0.404 e. The molecule has 2 aromatic heterocycles. The highest BCUT2D eigenvalue weighted by atomic mass is 28.3. The number of aromatic nitrogens is 3. The van der Waals surface area contributed by atoms with Crippen molar-refractivity contribution in [1.29, 1.82) is 0 Å². The molecule has 0 aliphatic heterocycles. The van der Waals surface area contributed by atoms with Gasteiger partial charge in [-0.05, 0) is 63.5 Å². The van der Waals surface area contributed by atoms with E-state index in [1.807, 2.05) is 11.5 Å². The predicted octanol–water partition coefficient (Wildman–Crippen LogP) is 5.96. The number of hydrogen-bond donors (Lipinski definition) is 3. The highest BCUT2D eigenvalue weighted by Gasteiger charge is 2.30. The lowest BCUT2D eigenvalue weighted by molar-refractivity contribution is 0.0877. The standard InChI is InChI=1S/C32H44FN5O6Si/c1-19-27(31(39)36-21-8-10-22(11-9-21)37-32(40)41)29-30(38(19)18-43-12-13-45(3,4)5)28(34-17-35-29)23-14-24(33)26(42-2)15-25(23)44-16-20-6-7-20/h14-15,17,20-22,37H,6-13,16,18H2,1-5H3,(H,36,39)(H,40,41). The molecule has 2 amide bonds. The minimum absolute atomic E-state index is 0.0735. The van der Waals surface area contributed by atoms with Gasteiger partial charge in [-0.2, -0.15) is 0 Å². The Bertz CT molecular complexity index is 1550. The van der Waals surface area contributed by atoms with E-state index >= 15 is 4.39 Å². The summed E-state index contributed by atoms with van der Waals surface area (Å²) in [4.78, 5) is 34.1. The summed E-state index contributed by atoms with van der Waals surface area (Å²) in [5.41, 5.74) is 2.94. The molecule has 0 bridgehead atoms. The number of hydrogen-bond acceptors (Lipinski definition) is 7. The Morgan fingerprint density at radius 3 is 2.36 bits per heavy atom. The lowest BCUT2D eigenvalue weighted by Gasteiger charge is -2.28. The fourth-order valence-electron chi connectivity index (χ4n) is 5.76. The number of methoxy groups -OCH3 is 1. The number of ether oxygens (including phenoxy) is 3. The normalized spacial score (nSPS) is 18.5. The van der Waals surface area contributed by atoms with Gasteiger partial charge in [0.2, 0.25) is 0 Å². The van der Waals surface area contributed by atoms with E-state index in [0.29, 0.717) is 84.1 Å². The van der Waals surface area contributed by atoms with E-state index < -0.39 is 20.0 Å². The van der Waals surface area contributed by atoms with E-state index in [0.717, 1.165) is 18.9 Å². The van der Waals surface area contributed by atoms with E-state index in [1.165, 1.54) is 19.5 Å². The molecule has 0 saturated heterocycles. The number of amides is 2. The van der Waals surface area contributed by atoms with Gasteiger partial charge in [-0.1, -0.05) is 19.6 Å². The Hall–Kier alpha value is -3.71. The van der Waals surface area contributed by atoms with Crippen LogP contribution in [0.4, 0.5) is 9.18 Å². The van der Waals surface area contributed by atoms with Crippen molar-refractivity contribution in [2.75, 3.05) is 20.3 Å². The minimum Gasteiger partial charge on any atom is -0.494 e. The van der Waals surface area contributed by atoms with Crippen LogP contribution in [0.1, 0.15) is 54.6 Å². The number of carboxylic acid groups (broad SMARTS) is 1. The highest BCUT2D eigenvalue weighted by Crippen LogP contribution is 2.40. The van der Waals surface area contributed by atoms with E-state index in [-0.39, 0.29) is 30.5 Å². The monoisotopic (exact) mass is 641 g/mol. The molecule has 11 nitrogen and oxygen atoms in total. The summed E-state index contributed by atoms with van der Waals surface area (Å²) in [7, 11) is 0.0701. The van der Waals surface area contributed by atoms with Crippen molar-refractivity contribution in [3.8, 4) is 22.8 Å². The fraction of sp³-hybridized carbons (Fsp3) is 0.562. The molecule has 0 atom stereocenters. The number of carbonyl (C=O) groups excluding carboxylic acids is 1. The van der Waals surface area contributed by atoms with E-state index in [2.05, 4.69) is 40.2 Å². The van der Waals surface area contributed by atoms with E-state index in [1.54, 1.807) is 6.07 Å². The van der Waals surface area contributed by atoms with Gasteiger partial charge >= 0.3 is 6.09 Å². The largest absolute Gasteiger partial charge is 0.494 e. The summed E-state index contributed by atoms with van der Waals surface area (Å²) in [5.74, 6) is 0.164. The number of nitrogens with zero attached hydrogens (tertiary/aromatic N) is 3. The molecule has 244 valence electrons. The van der Waals surface area contributed by atoms with Crippen LogP contribution in [0, 0.1) is 18.7 Å². The lowest BCUT2D eigenvalue weighted by Crippen LogP contribution is -2.43. The number of halogens is 1. The molecular formula is C32H44FN5O6Si. The molecule has 0 radical (unpaired) electrons. The van der Waals surface area contributed by atoms with Crippen LogP contribution >= 0.6 is 0 Å². The molecule has 0 unspecified atom stereocenters. The van der Waals surface area contributed by atoms with Gasteiger partial charge in [-0.15, -0.1) is 0 Å². The fourth-order valence-corrected chi connectivity index (χ4v) is 6.51. The average Bonchev–Trinajstić information content (AvgIpc) is 3.77. The van der Waals surface area contributed by atoms with Crippen LogP contribution < -0.4 is 20.1 Å². The molecule has 2 aliphatic rings. The third-order valence-corrected chi connectivity index (χ3v) is 10.3. The second-order valence-corrected chi connectivity index (χ2v) is 19.0. The zero-order valence-electron chi connectivity index (χ0n) is 26.7. The van der Waals surface area contributed by atoms with Crippen LogP contribution in [0.3, 0.4) is 0 Å². The van der Waals surface area contributed by atoms with Crippen molar-refractivity contribution >= 4 is 31.1 Å². The van der Waals surface area contributed by atoms with Crippen molar-refractivity contribution in [2.45, 2.75) is 89.9 Å². The van der Waals surface area contributed by atoms with Gasteiger partial charge in [-0.25, -0.2) is 19.2 Å². The van der Waals surface area contributed by atoms with Crippen molar-refractivity contribution in [3.05, 3.63) is 35.5 Å². The van der Waals surface area contributed by atoms with Crippen LogP contribution in [-0.2, 0) is 11.5 Å². The summed E-state index contributed by atoms with van der Waals surface area (Å²) in [5, 5.41) is 14.8. The Kier molecular flexibility index (Phi) is 9.97. The predicted molar refractivity (Wildman–Crippen MR) is 171 cm³/mol. The second kappa shape index (κ2) is 13.7. The lowest BCUT2D eigenvalue weighted by atomic mass is 9.91. The first-order valence-electron chi connectivity index (χ1n) is 15.7. The SMILES string of the molecule is COc1cc(OCC2CC2)c(-c2ncnc3c(C(=O)NC4CCC(NC(=O)O)CC4)c(C)n(COCC[Si](C)(C)C)c23)cc1F. The molecule has 2 heterocycles.